The summed E-state index contributed by atoms with van der Waals surface area (Å²) in [6.07, 6.45) is 2.57. The van der Waals surface area contributed by atoms with Crippen LogP contribution in [0.25, 0.3) is 0 Å². The van der Waals surface area contributed by atoms with Crippen LogP contribution >= 0.6 is 24.0 Å². The van der Waals surface area contributed by atoms with Gasteiger partial charge in [-0.1, -0.05) is 43.3 Å². The molecule has 3 rings (SSSR count). The number of aliphatic imine (C=N–C) groups is 1. The predicted molar refractivity (Wildman–Crippen MR) is 135 cm³/mol. The van der Waals surface area contributed by atoms with Crippen LogP contribution in [-0.2, 0) is 26.1 Å². The first kappa shape index (κ1) is 25.6. The van der Waals surface area contributed by atoms with E-state index in [0.29, 0.717) is 19.6 Å². The molecule has 0 atom stereocenters. The molecule has 0 aliphatic heterocycles. The molecule has 3 aromatic rings. The molecule has 7 nitrogen and oxygen atoms in total. The number of nitrogens with one attached hydrogen (secondary N) is 1. The van der Waals surface area contributed by atoms with E-state index in [4.69, 9.17) is 9.73 Å². The summed E-state index contributed by atoms with van der Waals surface area (Å²) in [5.41, 5.74) is 1.96. The van der Waals surface area contributed by atoms with Crippen molar-refractivity contribution >= 4 is 29.9 Å². The van der Waals surface area contributed by atoms with E-state index < -0.39 is 0 Å². The maximum Gasteiger partial charge on any atom is 0.194 e. The molecule has 0 saturated heterocycles. The third kappa shape index (κ3) is 7.18. The maximum absolute atomic E-state index is 14.1. The third-order valence-electron chi connectivity index (χ3n) is 4.90. The van der Waals surface area contributed by atoms with Crippen LogP contribution in [0.1, 0.15) is 23.9 Å². The molecule has 0 fully saturated rings. The Bertz CT molecular complexity index is 995. The summed E-state index contributed by atoms with van der Waals surface area (Å²) in [5.74, 6) is 1.56. The van der Waals surface area contributed by atoms with Crippen LogP contribution in [0.5, 0.6) is 5.75 Å². The molecule has 0 unspecified atom stereocenters. The average molecular weight is 552 g/mol. The number of ether oxygens (including phenoxy) is 1. The molecule has 0 radical (unpaired) electrons. The second kappa shape index (κ2) is 13.0. The van der Waals surface area contributed by atoms with E-state index in [0.717, 1.165) is 35.9 Å². The fraction of sp³-hybridized carbons (Fsp3) is 0.348. The van der Waals surface area contributed by atoms with Gasteiger partial charge in [0.1, 0.15) is 12.2 Å². The molecule has 1 aromatic heterocycles. The smallest absolute Gasteiger partial charge is 0.194 e. The molecule has 2 aromatic carbocycles. The summed E-state index contributed by atoms with van der Waals surface area (Å²) < 4.78 is 21.1. The van der Waals surface area contributed by atoms with Crippen molar-refractivity contribution in [2.45, 2.75) is 33.0 Å². The van der Waals surface area contributed by atoms with Crippen molar-refractivity contribution in [1.29, 1.82) is 0 Å². The number of aryl methyl sites for hydroxylation is 1. The Labute approximate surface area is 205 Å². The van der Waals surface area contributed by atoms with Gasteiger partial charge in [-0.25, -0.2) is 9.38 Å². The van der Waals surface area contributed by atoms with Crippen LogP contribution in [-0.4, -0.2) is 46.3 Å². The molecular formula is C23H30FIN6O. The van der Waals surface area contributed by atoms with Gasteiger partial charge in [0, 0.05) is 33.1 Å². The van der Waals surface area contributed by atoms with Crippen LogP contribution in [0.3, 0.4) is 0 Å². The minimum atomic E-state index is -0.371. The molecule has 0 aliphatic carbocycles. The molecular weight excluding hydrogens is 522 g/mol. The Morgan fingerprint density at radius 3 is 2.66 bits per heavy atom. The van der Waals surface area contributed by atoms with Crippen LogP contribution < -0.4 is 10.1 Å². The van der Waals surface area contributed by atoms with Gasteiger partial charge in [-0.2, -0.15) is 0 Å². The monoisotopic (exact) mass is 552 g/mol. The number of benzene rings is 2. The average Bonchev–Trinajstić information content (AvgIpc) is 3.24. The highest BCUT2D eigenvalue weighted by atomic mass is 127. The van der Waals surface area contributed by atoms with Gasteiger partial charge in [-0.15, -0.1) is 34.2 Å². The van der Waals surface area contributed by atoms with E-state index >= 15 is 0 Å². The fourth-order valence-electron chi connectivity index (χ4n) is 3.25. The Balaban J connectivity index is 0.00000363. The standard InChI is InChI=1S/C23H29FN6O.HI/c1-4-22-28-27-17-30(22)13-12-25-23(26-15-18-8-6-5-7-9-18)29(2)16-19-10-11-21(31-3)20(24)14-19;/h5-11,14,17H,4,12-13,15-16H2,1-3H3,(H,25,26);1H. The van der Waals surface area contributed by atoms with E-state index in [-0.39, 0.29) is 35.5 Å². The van der Waals surface area contributed by atoms with Gasteiger partial charge in [-0.05, 0) is 23.3 Å². The zero-order valence-electron chi connectivity index (χ0n) is 18.7. The highest BCUT2D eigenvalue weighted by Crippen LogP contribution is 2.18. The predicted octanol–water partition coefficient (Wildman–Crippen LogP) is 3.88. The van der Waals surface area contributed by atoms with Gasteiger partial charge in [0.25, 0.3) is 0 Å². The number of hydrogen-bond donors (Lipinski definition) is 1. The van der Waals surface area contributed by atoms with Gasteiger partial charge in [-0.3, -0.25) is 0 Å². The van der Waals surface area contributed by atoms with Gasteiger partial charge >= 0.3 is 0 Å². The van der Waals surface area contributed by atoms with Crippen molar-refractivity contribution < 1.29 is 9.13 Å². The normalized spacial score (nSPS) is 11.1. The molecule has 0 saturated carbocycles. The minimum absolute atomic E-state index is 0. The molecule has 1 heterocycles. The molecule has 9 heteroatoms. The Morgan fingerprint density at radius 2 is 1.97 bits per heavy atom. The van der Waals surface area contributed by atoms with Gasteiger partial charge in [0.2, 0.25) is 0 Å². The number of halogens is 2. The number of hydrogen-bond acceptors (Lipinski definition) is 4. The van der Waals surface area contributed by atoms with E-state index in [1.54, 1.807) is 12.4 Å². The Morgan fingerprint density at radius 1 is 1.19 bits per heavy atom. The second-order valence-electron chi connectivity index (χ2n) is 7.17. The topological polar surface area (TPSA) is 67.6 Å². The van der Waals surface area contributed by atoms with Crippen molar-refractivity contribution in [2.24, 2.45) is 4.99 Å². The summed E-state index contributed by atoms with van der Waals surface area (Å²) in [6, 6.07) is 15.1. The summed E-state index contributed by atoms with van der Waals surface area (Å²) in [7, 11) is 3.40. The second-order valence-corrected chi connectivity index (χ2v) is 7.17. The van der Waals surface area contributed by atoms with Crippen molar-refractivity contribution in [1.82, 2.24) is 25.0 Å². The number of nitrogens with zero attached hydrogens (tertiary/aromatic N) is 5. The van der Waals surface area contributed by atoms with Crippen LogP contribution in [0.15, 0.2) is 59.9 Å². The molecule has 0 bridgehead atoms. The molecule has 0 spiro atoms. The van der Waals surface area contributed by atoms with Crippen LogP contribution in [0, 0.1) is 5.82 Å². The molecule has 172 valence electrons. The summed E-state index contributed by atoms with van der Waals surface area (Å²) in [5, 5.41) is 11.5. The van der Waals surface area contributed by atoms with Crippen molar-refractivity contribution in [3.63, 3.8) is 0 Å². The molecule has 1 N–H and O–H groups in total. The quantitative estimate of drug-likeness (QED) is 0.248. The lowest BCUT2D eigenvalue weighted by atomic mass is 10.2. The number of aromatic nitrogens is 3. The SMILES string of the molecule is CCc1nncn1CCNC(=NCc1ccccc1)N(C)Cc1ccc(OC)c(F)c1.I. The number of methoxy groups -OCH3 is 1. The highest BCUT2D eigenvalue weighted by Gasteiger charge is 2.10. The Kier molecular flexibility index (Phi) is 10.4. The van der Waals surface area contributed by atoms with Crippen molar-refractivity contribution in [3.05, 3.63) is 77.6 Å². The van der Waals surface area contributed by atoms with Gasteiger partial charge in [0.05, 0.1) is 13.7 Å². The lowest BCUT2D eigenvalue weighted by Gasteiger charge is -2.23. The lowest BCUT2D eigenvalue weighted by Crippen LogP contribution is -2.40. The fourth-order valence-corrected chi connectivity index (χ4v) is 3.25. The lowest BCUT2D eigenvalue weighted by molar-refractivity contribution is 0.385. The van der Waals surface area contributed by atoms with E-state index in [2.05, 4.69) is 22.4 Å². The zero-order chi connectivity index (χ0) is 22.1. The highest BCUT2D eigenvalue weighted by molar-refractivity contribution is 14.0. The van der Waals surface area contributed by atoms with Gasteiger partial charge in [0.15, 0.2) is 17.5 Å². The van der Waals surface area contributed by atoms with Crippen LogP contribution in [0.2, 0.25) is 0 Å². The number of guanidine groups is 1. The first-order chi connectivity index (χ1) is 15.1. The maximum atomic E-state index is 14.1. The van der Waals surface area contributed by atoms with E-state index in [1.807, 2.05) is 52.9 Å². The summed E-state index contributed by atoms with van der Waals surface area (Å²) in [6.45, 7) is 4.51. The van der Waals surface area contributed by atoms with Crippen LogP contribution in [0.4, 0.5) is 4.39 Å². The molecule has 0 aliphatic rings. The van der Waals surface area contributed by atoms with E-state index in [1.165, 1.54) is 13.2 Å². The largest absolute Gasteiger partial charge is 0.494 e. The summed E-state index contributed by atoms with van der Waals surface area (Å²) >= 11 is 0. The Hall–Kier alpha value is -2.69. The minimum Gasteiger partial charge on any atom is -0.494 e. The third-order valence-corrected chi connectivity index (χ3v) is 4.90. The zero-order valence-corrected chi connectivity index (χ0v) is 21.0. The van der Waals surface area contributed by atoms with Crippen molar-refractivity contribution in [2.75, 3.05) is 20.7 Å². The molecule has 32 heavy (non-hydrogen) atoms. The van der Waals surface area contributed by atoms with Gasteiger partial charge < -0.3 is 19.5 Å². The first-order valence-corrected chi connectivity index (χ1v) is 10.3. The summed E-state index contributed by atoms with van der Waals surface area (Å²) in [4.78, 5) is 6.76. The number of rotatable bonds is 9. The van der Waals surface area contributed by atoms with E-state index in [9.17, 15) is 4.39 Å². The molecule has 0 amide bonds. The van der Waals surface area contributed by atoms with Crippen molar-refractivity contribution in [3.8, 4) is 5.75 Å². The first-order valence-electron chi connectivity index (χ1n) is 10.3.